The maximum absolute atomic E-state index is 12.8. The van der Waals surface area contributed by atoms with Crippen molar-refractivity contribution in [1.29, 1.82) is 0 Å². The van der Waals surface area contributed by atoms with E-state index in [2.05, 4.69) is 4.85 Å². The van der Waals surface area contributed by atoms with Crippen molar-refractivity contribution in [1.82, 2.24) is 0 Å². The Labute approximate surface area is 70.4 Å². The molecule has 0 spiro atoms. The average Bonchev–Trinajstić information content (AvgIpc) is 2.08. The van der Waals surface area contributed by atoms with Crippen LogP contribution in [0.25, 0.3) is 4.85 Å². The summed E-state index contributed by atoms with van der Waals surface area (Å²) in [6, 6.07) is 2.47. The number of nitrogens with zero attached hydrogens (tertiary/aromatic N) is 1. The minimum Gasteiger partial charge on any atom is -0.498 e. The van der Waals surface area contributed by atoms with Crippen molar-refractivity contribution in [3.63, 3.8) is 0 Å². The van der Waals surface area contributed by atoms with Gasteiger partial charge in [-0.15, -0.1) is 0 Å². The smallest absolute Gasteiger partial charge is 0.196 e. The molecular formula is C9H8FNO. The van der Waals surface area contributed by atoms with Gasteiger partial charge in [-0.3, -0.25) is 0 Å². The standard InChI is InChI=1S/C9H8FNO/c1-6-8(11-2)4-7(10)5-9(6)12-3/h4-5H,1,3H3. The molecule has 0 amide bonds. The van der Waals surface area contributed by atoms with E-state index in [9.17, 15) is 4.39 Å². The van der Waals surface area contributed by atoms with Gasteiger partial charge in [-0.2, -0.15) is 0 Å². The maximum atomic E-state index is 12.8. The Morgan fingerprint density at radius 2 is 2.17 bits per heavy atom. The van der Waals surface area contributed by atoms with Crippen LogP contribution >= 0.6 is 0 Å². The summed E-state index contributed by atoms with van der Waals surface area (Å²) in [6.07, 6.45) is 0. The molecule has 0 bridgehead atoms. The summed E-state index contributed by atoms with van der Waals surface area (Å²) in [5, 5.41) is 0. The van der Waals surface area contributed by atoms with E-state index in [0.717, 1.165) is 0 Å². The molecule has 62 valence electrons. The molecule has 0 saturated carbocycles. The highest BCUT2D eigenvalue weighted by atomic mass is 19.1. The SMILES string of the molecule is [C-]#[N+]c1cc(F)cc(OC)c1C. The third-order valence-corrected chi connectivity index (χ3v) is 1.64. The highest BCUT2D eigenvalue weighted by Gasteiger charge is 2.06. The van der Waals surface area contributed by atoms with Crippen molar-refractivity contribution < 1.29 is 9.13 Å². The minimum atomic E-state index is -0.441. The second kappa shape index (κ2) is 3.22. The van der Waals surface area contributed by atoms with E-state index in [4.69, 9.17) is 11.3 Å². The fraction of sp³-hybridized carbons (Fsp3) is 0.222. The lowest BCUT2D eigenvalue weighted by Gasteiger charge is -2.05. The van der Waals surface area contributed by atoms with Gasteiger partial charge in [-0.05, 0) is 18.6 Å². The van der Waals surface area contributed by atoms with Crippen LogP contribution in [0, 0.1) is 19.3 Å². The highest BCUT2D eigenvalue weighted by Crippen LogP contribution is 2.28. The molecule has 0 aromatic heterocycles. The molecule has 0 unspecified atom stereocenters. The monoisotopic (exact) mass is 165 g/mol. The van der Waals surface area contributed by atoms with Crippen molar-refractivity contribution in [3.05, 3.63) is 34.9 Å². The van der Waals surface area contributed by atoms with Crippen LogP contribution in [0.5, 0.6) is 5.75 Å². The van der Waals surface area contributed by atoms with Crippen LogP contribution in [0.2, 0.25) is 0 Å². The lowest BCUT2D eigenvalue weighted by atomic mass is 10.2. The lowest BCUT2D eigenvalue weighted by molar-refractivity contribution is 0.408. The topological polar surface area (TPSA) is 13.6 Å². The minimum absolute atomic E-state index is 0.298. The molecule has 1 rings (SSSR count). The van der Waals surface area contributed by atoms with Gasteiger partial charge in [0, 0.05) is 6.07 Å². The molecule has 0 N–H and O–H groups in total. The third-order valence-electron chi connectivity index (χ3n) is 1.64. The summed E-state index contributed by atoms with van der Waals surface area (Å²) >= 11 is 0. The lowest BCUT2D eigenvalue weighted by Crippen LogP contribution is -1.88. The Bertz CT molecular complexity index is 341. The molecule has 2 nitrogen and oxygen atoms in total. The predicted molar refractivity (Wildman–Crippen MR) is 44.0 cm³/mol. The van der Waals surface area contributed by atoms with Gasteiger partial charge in [0.1, 0.15) is 11.6 Å². The molecule has 0 aliphatic carbocycles. The van der Waals surface area contributed by atoms with Gasteiger partial charge in [-0.25, -0.2) is 9.24 Å². The van der Waals surface area contributed by atoms with Gasteiger partial charge in [0.15, 0.2) is 5.69 Å². The number of methoxy groups -OCH3 is 1. The first-order valence-electron chi connectivity index (χ1n) is 3.40. The largest absolute Gasteiger partial charge is 0.498 e. The number of hydrogen-bond donors (Lipinski definition) is 0. The van der Waals surface area contributed by atoms with Crippen molar-refractivity contribution in [3.8, 4) is 5.75 Å². The van der Waals surface area contributed by atoms with Gasteiger partial charge in [0.2, 0.25) is 0 Å². The van der Waals surface area contributed by atoms with E-state index < -0.39 is 5.82 Å². The van der Waals surface area contributed by atoms with Crippen LogP contribution in [0.15, 0.2) is 12.1 Å². The first-order chi connectivity index (χ1) is 5.69. The first kappa shape index (κ1) is 8.54. The van der Waals surface area contributed by atoms with Crippen LogP contribution in [0.1, 0.15) is 5.56 Å². The van der Waals surface area contributed by atoms with E-state index in [-0.39, 0.29) is 0 Å². The van der Waals surface area contributed by atoms with E-state index in [1.807, 2.05) is 0 Å². The van der Waals surface area contributed by atoms with E-state index in [0.29, 0.717) is 17.0 Å². The quantitative estimate of drug-likeness (QED) is 0.583. The summed E-state index contributed by atoms with van der Waals surface area (Å²) in [7, 11) is 1.45. The number of hydrogen-bond acceptors (Lipinski definition) is 1. The Kier molecular flexibility index (Phi) is 2.29. The number of ether oxygens (including phenoxy) is 1. The van der Waals surface area contributed by atoms with Crippen LogP contribution in [-0.4, -0.2) is 7.11 Å². The zero-order valence-electron chi connectivity index (χ0n) is 6.89. The molecule has 0 fully saturated rings. The molecule has 12 heavy (non-hydrogen) atoms. The fourth-order valence-corrected chi connectivity index (χ4v) is 0.968. The van der Waals surface area contributed by atoms with Crippen molar-refractivity contribution in [2.24, 2.45) is 0 Å². The second-order valence-electron chi connectivity index (χ2n) is 2.36. The number of rotatable bonds is 1. The molecule has 0 radical (unpaired) electrons. The maximum Gasteiger partial charge on any atom is 0.196 e. The summed E-state index contributed by atoms with van der Waals surface area (Å²) < 4.78 is 17.6. The Hall–Kier alpha value is -1.56. The average molecular weight is 165 g/mol. The normalized spacial score (nSPS) is 9.17. The molecule has 0 heterocycles. The van der Waals surface area contributed by atoms with E-state index in [1.165, 1.54) is 19.2 Å². The summed E-state index contributed by atoms with van der Waals surface area (Å²) in [5.41, 5.74) is 0.973. The second-order valence-corrected chi connectivity index (χ2v) is 2.36. The predicted octanol–water partition coefficient (Wildman–Crippen LogP) is 2.69. The first-order valence-corrected chi connectivity index (χ1v) is 3.40. The van der Waals surface area contributed by atoms with Crippen LogP contribution < -0.4 is 4.74 Å². The van der Waals surface area contributed by atoms with E-state index in [1.54, 1.807) is 6.92 Å². The van der Waals surface area contributed by atoms with Crippen LogP contribution in [0.4, 0.5) is 10.1 Å². The summed E-state index contributed by atoms with van der Waals surface area (Å²) in [4.78, 5) is 3.17. The molecule has 0 aliphatic rings. The van der Waals surface area contributed by atoms with E-state index >= 15 is 0 Å². The summed E-state index contributed by atoms with van der Waals surface area (Å²) in [5.74, 6) is -0.0237. The van der Waals surface area contributed by atoms with Crippen LogP contribution in [0.3, 0.4) is 0 Å². The van der Waals surface area contributed by atoms with Gasteiger partial charge < -0.3 is 4.74 Å². The Morgan fingerprint density at radius 1 is 1.50 bits per heavy atom. The van der Waals surface area contributed by atoms with Gasteiger partial charge in [0.05, 0.1) is 13.7 Å². The Balaban J connectivity index is 3.34. The molecule has 0 atom stereocenters. The molecule has 1 aromatic rings. The molecule has 0 saturated heterocycles. The van der Waals surface area contributed by atoms with Crippen molar-refractivity contribution in [2.45, 2.75) is 6.92 Å². The molecule has 3 heteroatoms. The number of benzene rings is 1. The zero-order valence-corrected chi connectivity index (χ0v) is 6.89. The van der Waals surface area contributed by atoms with Crippen molar-refractivity contribution >= 4 is 5.69 Å². The summed E-state index contributed by atoms with van der Waals surface area (Å²) in [6.45, 7) is 8.48. The van der Waals surface area contributed by atoms with Gasteiger partial charge in [-0.1, -0.05) is 0 Å². The van der Waals surface area contributed by atoms with Crippen LogP contribution in [-0.2, 0) is 0 Å². The van der Waals surface area contributed by atoms with Gasteiger partial charge >= 0.3 is 0 Å². The zero-order chi connectivity index (χ0) is 9.14. The molecular weight excluding hydrogens is 157 g/mol. The highest BCUT2D eigenvalue weighted by molar-refractivity contribution is 5.57. The number of halogens is 1. The fourth-order valence-electron chi connectivity index (χ4n) is 0.968. The Morgan fingerprint density at radius 3 is 2.67 bits per heavy atom. The van der Waals surface area contributed by atoms with Crippen molar-refractivity contribution in [2.75, 3.05) is 7.11 Å². The van der Waals surface area contributed by atoms with Gasteiger partial charge in [0.25, 0.3) is 0 Å². The third kappa shape index (κ3) is 1.37. The molecule has 1 aromatic carbocycles. The molecule has 0 aliphatic heterocycles.